The van der Waals surface area contributed by atoms with Gasteiger partial charge >= 0.3 is 5.97 Å². The van der Waals surface area contributed by atoms with E-state index in [9.17, 15) is 9.18 Å². The van der Waals surface area contributed by atoms with E-state index in [1.165, 1.54) is 27.2 Å². The number of ether oxygens (including phenoxy) is 2. The Kier molecular flexibility index (Phi) is 4.95. The molecule has 0 aliphatic heterocycles. The summed E-state index contributed by atoms with van der Waals surface area (Å²) in [6.45, 7) is 1.51. The molecule has 1 atom stereocenters. The number of halogens is 2. The van der Waals surface area contributed by atoms with Gasteiger partial charge in [-0.2, -0.15) is 0 Å². The van der Waals surface area contributed by atoms with Gasteiger partial charge in [-0.05, 0) is 22.4 Å². The smallest absolute Gasteiger partial charge is 0.306 e. The topological polar surface area (TPSA) is 55.8 Å². The lowest BCUT2D eigenvalue weighted by molar-refractivity contribution is -0.141. The van der Waals surface area contributed by atoms with Gasteiger partial charge < -0.3 is 14.6 Å². The van der Waals surface area contributed by atoms with Crippen LogP contribution in [0.4, 0.5) is 4.39 Å². The van der Waals surface area contributed by atoms with E-state index in [-0.39, 0.29) is 22.2 Å². The Bertz CT molecular complexity index is 462. The zero-order chi connectivity index (χ0) is 13.9. The fourth-order valence-corrected chi connectivity index (χ4v) is 2.03. The van der Waals surface area contributed by atoms with Gasteiger partial charge in [-0.15, -0.1) is 0 Å². The minimum Gasteiger partial charge on any atom is -0.493 e. The average molecular weight is 321 g/mol. The molecule has 0 heterocycles. The molecule has 1 N–H and O–H groups in total. The number of methoxy groups -OCH3 is 2. The van der Waals surface area contributed by atoms with Crippen LogP contribution in [0, 0.1) is 11.7 Å². The van der Waals surface area contributed by atoms with Crippen LogP contribution in [0.15, 0.2) is 10.5 Å². The SMILES string of the molecule is COc1cc(Br)c(F)c(CC(C)C(=O)O)c1OC. The van der Waals surface area contributed by atoms with Gasteiger partial charge in [-0.25, -0.2) is 4.39 Å². The lowest BCUT2D eigenvalue weighted by atomic mass is 9.99. The summed E-state index contributed by atoms with van der Waals surface area (Å²) < 4.78 is 24.4. The summed E-state index contributed by atoms with van der Waals surface area (Å²) in [5.74, 6) is -1.65. The molecule has 0 radical (unpaired) electrons. The molecule has 1 aromatic carbocycles. The van der Waals surface area contributed by atoms with Crippen molar-refractivity contribution in [3.8, 4) is 11.5 Å². The molecule has 0 saturated heterocycles. The summed E-state index contributed by atoms with van der Waals surface area (Å²) in [7, 11) is 2.83. The lowest BCUT2D eigenvalue weighted by Gasteiger charge is -2.16. The van der Waals surface area contributed by atoms with Gasteiger partial charge in [0.1, 0.15) is 5.82 Å². The van der Waals surface area contributed by atoms with E-state index in [2.05, 4.69) is 15.9 Å². The summed E-state index contributed by atoms with van der Waals surface area (Å²) in [6, 6.07) is 1.45. The minimum atomic E-state index is -0.990. The van der Waals surface area contributed by atoms with Crippen molar-refractivity contribution in [2.75, 3.05) is 14.2 Å². The third-order valence-corrected chi connectivity index (χ3v) is 3.16. The summed E-state index contributed by atoms with van der Waals surface area (Å²) in [5.41, 5.74) is 0.193. The van der Waals surface area contributed by atoms with Crippen molar-refractivity contribution in [2.45, 2.75) is 13.3 Å². The third kappa shape index (κ3) is 2.93. The van der Waals surface area contributed by atoms with Crippen LogP contribution in [0.1, 0.15) is 12.5 Å². The average Bonchev–Trinajstić information content (AvgIpc) is 2.34. The molecule has 100 valence electrons. The lowest BCUT2D eigenvalue weighted by Crippen LogP contribution is -2.14. The molecule has 1 rings (SSSR count). The quantitative estimate of drug-likeness (QED) is 0.906. The van der Waals surface area contributed by atoms with Gasteiger partial charge in [-0.3, -0.25) is 4.79 Å². The highest BCUT2D eigenvalue weighted by molar-refractivity contribution is 9.10. The summed E-state index contributed by atoms with van der Waals surface area (Å²) >= 11 is 3.07. The number of carboxylic acid groups (broad SMARTS) is 1. The fraction of sp³-hybridized carbons (Fsp3) is 0.417. The Labute approximate surface area is 113 Å². The van der Waals surface area contributed by atoms with E-state index < -0.39 is 17.7 Å². The molecule has 0 saturated carbocycles. The van der Waals surface area contributed by atoms with Crippen LogP contribution in [0.5, 0.6) is 11.5 Å². The highest BCUT2D eigenvalue weighted by Gasteiger charge is 2.23. The number of benzene rings is 1. The van der Waals surface area contributed by atoms with Crippen LogP contribution in [-0.2, 0) is 11.2 Å². The molecule has 0 spiro atoms. The normalized spacial score (nSPS) is 12.1. The molecule has 6 heteroatoms. The van der Waals surface area contributed by atoms with Crippen molar-refractivity contribution < 1.29 is 23.8 Å². The molecular formula is C12H14BrFO4. The first-order chi connectivity index (χ1) is 8.42. The van der Waals surface area contributed by atoms with E-state index in [4.69, 9.17) is 14.6 Å². The van der Waals surface area contributed by atoms with Gasteiger partial charge in [0, 0.05) is 11.6 Å². The number of hydrogen-bond donors (Lipinski definition) is 1. The molecule has 1 aromatic rings. The predicted octanol–water partition coefficient (Wildman–Crippen LogP) is 2.87. The van der Waals surface area contributed by atoms with Gasteiger partial charge in [0.2, 0.25) is 0 Å². The molecular weight excluding hydrogens is 307 g/mol. The Hall–Kier alpha value is -1.30. The van der Waals surface area contributed by atoms with Crippen LogP contribution >= 0.6 is 15.9 Å². The van der Waals surface area contributed by atoms with Gasteiger partial charge in [0.05, 0.1) is 24.6 Å². The first-order valence-electron chi connectivity index (χ1n) is 5.24. The molecule has 0 amide bonds. The zero-order valence-electron chi connectivity index (χ0n) is 10.3. The van der Waals surface area contributed by atoms with Crippen LogP contribution < -0.4 is 9.47 Å². The maximum absolute atomic E-state index is 14.0. The highest BCUT2D eigenvalue weighted by atomic mass is 79.9. The van der Waals surface area contributed by atoms with Crippen molar-refractivity contribution in [1.29, 1.82) is 0 Å². The summed E-state index contributed by atoms with van der Waals surface area (Å²) in [6.07, 6.45) is 0.0279. The summed E-state index contributed by atoms with van der Waals surface area (Å²) in [4.78, 5) is 10.8. The first-order valence-corrected chi connectivity index (χ1v) is 6.03. The molecule has 0 bridgehead atoms. The van der Waals surface area contributed by atoms with Crippen LogP contribution in [-0.4, -0.2) is 25.3 Å². The Morgan fingerprint density at radius 2 is 2.11 bits per heavy atom. The van der Waals surface area contributed by atoms with E-state index in [1.807, 2.05) is 0 Å². The van der Waals surface area contributed by atoms with Crippen LogP contribution in [0.3, 0.4) is 0 Å². The first kappa shape index (κ1) is 14.8. The molecule has 0 aliphatic carbocycles. The van der Waals surface area contributed by atoms with Crippen molar-refractivity contribution in [3.05, 3.63) is 21.9 Å². The number of carbonyl (C=O) groups is 1. The minimum absolute atomic E-state index is 0.0279. The highest BCUT2D eigenvalue weighted by Crippen LogP contribution is 2.38. The molecule has 0 aromatic heterocycles. The van der Waals surface area contributed by atoms with Crippen molar-refractivity contribution in [2.24, 2.45) is 5.92 Å². The fourth-order valence-electron chi connectivity index (χ4n) is 1.59. The zero-order valence-corrected chi connectivity index (χ0v) is 11.9. The van der Waals surface area contributed by atoms with Gasteiger partial charge in [-0.1, -0.05) is 6.92 Å². The predicted molar refractivity (Wildman–Crippen MR) is 67.7 cm³/mol. The number of aliphatic carboxylic acids is 1. The Balaban J connectivity index is 3.30. The number of rotatable bonds is 5. The molecule has 0 fully saturated rings. The van der Waals surface area contributed by atoms with Crippen molar-refractivity contribution >= 4 is 21.9 Å². The van der Waals surface area contributed by atoms with E-state index in [0.717, 1.165) is 0 Å². The Morgan fingerprint density at radius 1 is 1.50 bits per heavy atom. The maximum Gasteiger partial charge on any atom is 0.306 e. The largest absolute Gasteiger partial charge is 0.493 e. The van der Waals surface area contributed by atoms with Crippen LogP contribution in [0.25, 0.3) is 0 Å². The number of hydrogen-bond acceptors (Lipinski definition) is 3. The standard InChI is InChI=1S/C12H14BrFO4/c1-6(12(15)16)4-7-10(14)8(13)5-9(17-2)11(7)18-3/h5-6H,4H2,1-3H3,(H,15,16). The second kappa shape index (κ2) is 6.04. The van der Waals surface area contributed by atoms with Gasteiger partial charge in [0.25, 0.3) is 0 Å². The molecule has 4 nitrogen and oxygen atoms in total. The maximum atomic E-state index is 14.0. The van der Waals surface area contributed by atoms with Crippen molar-refractivity contribution in [3.63, 3.8) is 0 Å². The monoisotopic (exact) mass is 320 g/mol. The molecule has 18 heavy (non-hydrogen) atoms. The van der Waals surface area contributed by atoms with Crippen LogP contribution in [0.2, 0.25) is 0 Å². The molecule has 1 unspecified atom stereocenters. The Morgan fingerprint density at radius 3 is 2.56 bits per heavy atom. The van der Waals surface area contributed by atoms with Gasteiger partial charge in [0.15, 0.2) is 11.5 Å². The second-order valence-electron chi connectivity index (χ2n) is 3.83. The molecule has 0 aliphatic rings. The van der Waals surface area contributed by atoms with Crippen molar-refractivity contribution in [1.82, 2.24) is 0 Å². The number of carboxylic acids is 1. The second-order valence-corrected chi connectivity index (χ2v) is 4.68. The van der Waals surface area contributed by atoms with E-state index in [1.54, 1.807) is 0 Å². The van der Waals surface area contributed by atoms with E-state index in [0.29, 0.717) is 5.75 Å². The third-order valence-electron chi connectivity index (χ3n) is 2.59. The van der Waals surface area contributed by atoms with E-state index >= 15 is 0 Å². The summed E-state index contributed by atoms with van der Waals surface area (Å²) in [5, 5.41) is 8.89.